The van der Waals surface area contributed by atoms with Crippen molar-refractivity contribution in [3.05, 3.63) is 28.5 Å². The number of aliphatic carboxylic acids is 1. The van der Waals surface area contributed by atoms with E-state index < -0.39 is 11.9 Å². The zero-order valence-corrected chi connectivity index (χ0v) is 8.88. The quantitative estimate of drug-likeness (QED) is 0.784. The van der Waals surface area contributed by atoms with Crippen molar-refractivity contribution in [1.82, 2.24) is 4.98 Å². The van der Waals surface area contributed by atoms with Gasteiger partial charge in [-0.05, 0) is 31.0 Å². The Morgan fingerprint density at radius 3 is 2.79 bits per heavy atom. The average Bonchev–Trinajstić information content (AvgIpc) is 2.01. The van der Waals surface area contributed by atoms with Crippen molar-refractivity contribution < 1.29 is 9.90 Å². The topological polar surface area (TPSA) is 50.2 Å². The first-order valence-electron chi connectivity index (χ1n) is 4.35. The van der Waals surface area contributed by atoms with Gasteiger partial charge in [0.25, 0.3) is 0 Å². The van der Waals surface area contributed by atoms with Crippen LogP contribution in [0.5, 0.6) is 0 Å². The van der Waals surface area contributed by atoms with E-state index in [-0.39, 0.29) is 0 Å². The van der Waals surface area contributed by atoms with Crippen molar-refractivity contribution in [2.75, 3.05) is 0 Å². The second-order valence-electron chi connectivity index (χ2n) is 3.38. The maximum absolute atomic E-state index is 10.6. The van der Waals surface area contributed by atoms with Gasteiger partial charge in [0.15, 0.2) is 0 Å². The van der Waals surface area contributed by atoms with Gasteiger partial charge in [-0.15, -0.1) is 0 Å². The minimum absolute atomic E-state index is 0.395. The third-order valence-corrected chi connectivity index (χ3v) is 2.14. The minimum Gasteiger partial charge on any atom is -0.481 e. The predicted molar refractivity (Wildman–Crippen MR) is 54.5 cm³/mol. The van der Waals surface area contributed by atoms with Gasteiger partial charge in [-0.1, -0.05) is 18.5 Å². The summed E-state index contributed by atoms with van der Waals surface area (Å²) in [7, 11) is 0. The fourth-order valence-electron chi connectivity index (χ4n) is 1.25. The Kier molecular flexibility index (Phi) is 3.47. The lowest BCUT2D eigenvalue weighted by molar-refractivity contribution is -0.141. The average molecular weight is 214 g/mol. The third kappa shape index (κ3) is 3.00. The predicted octanol–water partition coefficient (Wildman–Crippen LogP) is 2.31. The molecule has 4 heteroatoms. The molecule has 0 fully saturated rings. The van der Waals surface area contributed by atoms with E-state index in [0.717, 1.165) is 11.3 Å². The van der Waals surface area contributed by atoms with Crippen molar-refractivity contribution in [3.63, 3.8) is 0 Å². The lowest BCUT2D eigenvalue weighted by Gasteiger charge is -2.06. The molecule has 1 heterocycles. The van der Waals surface area contributed by atoms with E-state index in [0.29, 0.717) is 11.6 Å². The summed E-state index contributed by atoms with van der Waals surface area (Å²) in [5.41, 5.74) is 1.72. The molecular weight excluding hydrogens is 202 g/mol. The summed E-state index contributed by atoms with van der Waals surface area (Å²) >= 11 is 5.75. The van der Waals surface area contributed by atoms with Gasteiger partial charge >= 0.3 is 5.97 Å². The monoisotopic (exact) mass is 213 g/mol. The maximum atomic E-state index is 10.6. The normalized spacial score (nSPS) is 12.5. The van der Waals surface area contributed by atoms with Crippen LogP contribution in [0.2, 0.25) is 5.15 Å². The minimum atomic E-state index is -0.796. The van der Waals surface area contributed by atoms with E-state index >= 15 is 0 Å². The summed E-state index contributed by atoms with van der Waals surface area (Å²) in [6, 6.07) is 3.55. The lowest BCUT2D eigenvalue weighted by atomic mass is 10.0. The number of rotatable bonds is 3. The van der Waals surface area contributed by atoms with Gasteiger partial charge in [-0.2, -0.15) is 0 Å². The van der Waals surface area contributed by atoms with Gasteiger partial charge in [0.1, 0.15) is 5.15 Å². The van der Waals surface area contributed by atoms with Gasteiger partial charge in [0, 0.05) is 5.69 Å². The number of hydrogen-bond acceptors (Lipinski definition) is 2. The first-order chi connectivity index (χ1) is 6.49. The molecule has 1 N–H and O–H groups in total. The van der Waals surface area contributed by atoms with Crippen LogP contribution < -0.4 is 0 Å². The van der Waals surface area contributed by atoms with Crippen molar-refractivity contribution in [2.45, 2.75) is 20.3 Å². The molecule has 0 aliphatic heterocycles. The highest BCUT2D eigenvalue weighted by molar-refractivity contribution is 6.29. The van der Waals surface area contributed by atoms with Gasteiger partial charge in [0.2, 0.25) is 0 Å². The fraction of sp³-hybridized carbons (Fsp3) is 0.400. The Morgan fingerprint density at radius 1 is 1.64 bits per heavy atom. The van der Waals surface area contributed by atoms with Gasteiger partial charge < -0.3 is 5.11 Å². The molecule has 1 unspecified atom stereocenters. The molecule has 0 saturated heterocycles. The molecule has 3 nitrogen and oxygen atoms in total. The number of aromatic nitrogens is 1. The number of halogens is 1. The molecule has 0 spiro atoms. The second kappa shape index (κ2) is 4.42. The van der Waals surface area contributed by atoms with Crippen molar-refractivity contribution in [2.24, 2.45) is 5.92 Å². The van der Waals surface area contributed by atoms with Crippen molar-refractivity contribution >= 4 is 17.6 Å². The zero-order valence-electron chi connectivity index (χ0n) is 8.12. The molecule has 0 aromatic carbocycles. The van der Waals surface area contributed by atoms with E-state index in [2.05, 4.69) is 4.98 Å². The van der Waals surface area contributed by atoms with E-state index in [1.165, 1.54) is 0 Å². The number of hydrogen-bond donors (Lipinski definition) is 1. The van der Waals surface area contributed by atoms with Crippen LogP contribution in [0.1, 0.15) is 18.2 Å². The number of carbonyl (C=O) groups is 1. The summed E-state index contributed by atoms with van der Waals surface area (Å²) in [4.78, 5) is 14.6. The number of carboxylic acids is 1. The van der Waals surface area contributed by atoms with Crippen LogP contribution in [-0.2, 0) is 11.2 Å². The highest BCUT2D eigenvalue weighted by atomic mass is 35.5. The van der Waals surface area contributed by atoms with Crippen LogP contribution in [0.4, 0.5) is 0 Å². The molecule has 0 aliphatic rings. The van der Waals surface area contributed by atoms with Crippen molar-refractivity contribution in [1.29, 1.82) is 0 Å². The first-order valence-corrected chi connectivity index (χ1v) is 4.72. The summed E-state index contributed by atoms with van der Waals surface area (Å²) in [6.45, 7) is 3.51. The second-order valence-corrected chi connectivity index (χ2v) is 3.77. The van der Waals surface area contributed by atoms with E-state index in [4.69, 9.17) is 16.7 Å². The smallest absolute Gasteiger partial charge is 0.306 e. The lowest BCUT2D eigenvalue weighted by Crippen LogP contribution is -2.12. The van der Waals surface area contributed by atoms with Crippen LogP contribution in [0, 0.1) is 12.8 Å². The van der Waals surface area contributed by atoms with E-state index in [1.807, 2.05) is 13.0 Å². The summed E-state index contributed by atoms with van der Waals surface area (Å²) in [6.07, 6.45) is 0.485. The summed E-state index contributed by atoms with van der Waals surface area (Å²) in [5.74, 6) is -1.19. The Morgan fingerprint density at radius 2 is 2.29 bits per heavy atom. The molecule has 0 amide bonds. The third-order valence-electron chi connectivity index (χ3n) is 1.95. The number of aryl methyl sites for hydroxylation is 1. The molecule has 0 saturated carbocycles. The first kappa shape index (κ1) is 11.0. The van der Waals surface area contributed by atoms with Crippen LogP contribution in [0.15, 0.2) is 12.1 Å². The Hall–Kier alpha value is -1.09. The highest BCUT2D eigenvalue weighted by Gasteiger charge is 2.12. The molecule has 76 valence electrons. The Labute approximate surface area is 87.7 Å². The fourth-order valence-corrected chi connectivity index (χ4v) is 1.53. The van der Waals surface area contributed by atoms with E-state index in [1.54, 1.807) is 13.0 Å². The maximum Gasteiger partial charge on any atom is 0.306 e. The molecule has 1 aromatic rings. The van der Waals surface area contributed by atoms with Crippen LogP contribution in [0.25, 0.3) is 0 Å². The van der Waals surface area contributed by atoms with Crippen LogP contribution >= 0.6 is 11.6 Å². The molecular formula is C10H12ClNO2. The number of pyridine rings is 1. The van der Waals surface area contributed by atoms with Gasteiger partial charge in [0.05, 0.1) is 5.92 Å². The molecule has 0 radical (unpaired) electrons. The molecule has 0 aliphatic carbocycles. The summed E-state index contributed by atoms with van der Waals surface area (Å²) < 4.78 is 0. The van der Waals surface area contributed by atoms with E-state index in [9.17, 15) is 4.79 Å². The SMILES string of the molecule is Cc1cc(CC(C)C(=O)O)cc(Cl)n1. The summed E-state index contributed by atoms with van der Waals surface area (Å²) in [5, 5.41) is 9.15. The standard InChI is InChI=1S/C10H12ClNO2/c1-6(10(13)14)3-8-4-7(2)12-9(11)5-8/h4-6H,3H2,1-2H3,(H,13,14). The van der Waals surface area contributed by atoms with Gasteiger partial charge in [-0.3, -0.25) is 4.79 Å². The van der Waals surface area contributed by atoms with Crippen LogP contribution in [0.3, 0.4) is 0 Å². The zero-order chi connectivity index (χ0) is 10.7. The molecule has 0 bridgehead atoms. The Balaban J connectivity index is 2.81. The largest absolute Gasteiger partial charge is 0.481 e. The van der Waals surface area contributed by atoms with Crippen molar-refractivity contribution in [3.8, 4) is 0 Å². The molecule has 1 rings (SSSR count). The Bertz CT molecular complexity index is 332. The highest BCUT2D eigenvalue weighted by Crippen LogP contribution is 2.14. The molecule has 1 aromatic heterocycles. The molecule has 1 atom stereocenters. The van der Waals surface area contributed by atoms with Gasteiger partial charge in [-0.25, -0.2) is 4.98 Å². The number of nitrogens with zero attached hydrogens (tertiary/aromatic N) is 1. The number of carboxylic acid groups (broad SMARTS) is 1. The molecule has 14 heavy (non-hydrogen) atoms. The van der Waals surface area contributed by atoms with Crippen LogP contribution in [-0.4, -0.2) is 16.1 Å².